The number of thiophene rings is 2. The molecule has 4 aromatic heterocycles. The second-order valence-corrected chi connectivity index (χ2v) is 21.5. The fourth-order valence-corrected chi connectivity index (χ4v) is 11.7. The number of nitrogens with zero attached hydrogens (tertiary/aromatic N) is 6. The van der Waals surface area contributed by atoms with Gasteiger partial charge in [-0.3, -0.25) is 0 Å². The molecule has 4 aliphatic heterocycles. The highest BCUT2D eigenvalue weighted by atomic mass is 32.1. The predicted octanol–water partition coefficient (Wildman–Crippen LogP) is 8.24. The average Bonchev–Trinajstić information content (AvgIpc) is 4.14. The van der Waals surface area contributed by atoms with E-state index in [-0.39, 0.29) is 77.8 Å². The zero-order valence-corrected chi connectivity index (χ0v) is 41.3. The topological polar surface area (TPSA) is 202 Å². The number of piperidine rings is 2. The van der Waals surface area contributed by atoms with Gasteiger partial charge in [0.05, 0.1) is 44.1 Å². The van der Waals surface area contributed by atoms with Crippen molar-refractivity contribution in [3.8, 4) is 34.0 Å². The maximum Gasteiger partial charge on any atom is 0.410 e. The summed E-state index contributed by atoms with van der Waals surface area (Å²) in [6.45, 7) is 9.66. The molecule has 6 aromatic rings. The number of aliphatic hydroxyl groups excluding tert-OH is 1. The van der Waals surface area contributed by atoms with Gasteiger partial charge in [0.25, 0.3) is 0 Å². The lowest BCUT2D eigenvalue weighted by molar-refractivity contribution is -0.191. The second kappa shape index (κ2) is 20.4. The lowest BCUT2D eigenvalue weighted by Crippen LogP contribution is -2.59. The van der Waals surface area contributed by atoms with E-state index in [2.05, 4.69) is 19.9 Å². The quantitative estimate of drug-likeness (QED) is 0.145. The van der Waals surface area contributed by atoms with Gasteiger partial charge in [-0.15, -0.1) is 22.7 Å². The number of aryl methyl sites for hydroxylation is 1. The third kappa shape index (κ3) is 10.4. The van der Waals surface area contributed by atoms with E-state index in [1.165, 1.54) is 47.5 Å². The molecule has 2 saturated carbocycles. The number of carbonyl (C=O) groups excluding carboxylic acids is 4. The maximum atomic E-state index is 14.7. The van der Waals surface area contributed by atoms with Gasteiger partial charge < -0.3 is 43.3 Å². The zero-order valence-electron chi connectivity index (χ0n) is 39.7. The summed E-state index contributed by atoms with van der Waals surface area (Å²) < 4.78 is 66.8. The van der Waals surface area contributed by atoms with Crippen LogP contribution in [0.3, 0.4) is 0 Å². The zero-order chi connectivity index (χ0) is 50.3. The molecule has 0 radical (unpaired) electrons. The van der Waals surface area contributed by atoms with Crippen LogP contribution in [0.5, 0.6) is 11.8 Å². The Morgan fingerprint density at radius 2 is 1.10 bits per heavy atom. The van der Waals surface area contributed by atoms with Gasteiger partial charge in [-0.1, -0.05) is 24.3 Å². The van der Waals surface area contributed by atoms with E-state index in [1.807, 2.05) is 37.6 Å². The molecule has 4 unspecified atom stereocenters. The molecule has 1 N–H and O–H groups in total. The summed E-state index contributed by atoms with van der Waals surface area (Å²) in [5.41, 5.74) is 4.41. The third-order valence-corrected chi connectivity index (χ3v) is 16.1. The van der Waals surface area contributed by atoms with Gasteiger partial charge >= 0.3 is 18.3 Å². The van der Waals surface area contributed by atoms with Gasteiger partial charge in [0.2, 0.25) is 11.8 Å². The van der Waals surface area contributed by atoms with Gasteiger partial charge in [-0.05, 0) is 69.7 Å². The van der Waals surface area contributed by atoms with Crippen LogP contribution in [0.1, 0.15) is 50.7 Å². The Bertz CT molecular complexity index is 3010. The van der Waals surface area contributed by atoms with Crippen molar-refractivity contribution in [3.05, 3.63) is 82.6 Å². The van der Waals surface area contributed by atoms with Crippen molar-refractivity contribution in [1.29, 1.82) is 0 Å². The number of rotatable bonds is 9. The largest absolute Gasteiger partial charge is 0.472 e. The van der Waals surface area contributed by atoms with Crippen molar-refractivity contribution in [2.75, 3.05) is 52.6 Å². The number of benzene rings is 2. The first kappa shape index (κ1) is 49.4. The highest BCUT2D eigenvalue weighted by Crippen LogP contribution is 2.44. The van der Waals surface area contributed by atoms with Crippen LogP contribution in [0, 0.1) is 42.2 Å². The van der Waals surface area contributed by atoms with Crippen LogP contribution in [0.2, 0.25) is 0 Å². The maximum absolute atomic E-state index is 14.7. The third-order valence-electron chi connectivity index (χ3n) is 14.2. The van der Waals surface area contributed by atoms with E-state index in [0.717, 1.165) is 46.2 Å². The van der Waals surface area contributed by atoms with Crippen LogP contribution in [-0.2, 0) is 35.1 Å². The first-order chi connectivity index (χ1) is 34.8. The minimum absolute atomic E-state index is 0.00465. The molecular formula is C51H52F2N6O11S2. The van der Waals surface area contributed by atoms with Crippen LogP contribution in [0.4, 0.5) is 18.4 Å². The number of fused-ring (bicyclic) bond motifs is 6. The first-order valence-corrected chi connectivity index (χ1v) is 25.6. The Labute approximate surface area is 420 Å². The Morgan fingerprint density at radius 1 is 0.681 bits per heavy atom. The van der Waals surface area contributed by atoms with Gasteiger partial charge in [0.1, 0.15) is 57.1 Å². The van der Waals surface area contributed by atoms with Crippen molar-refractivity contribution in [3.63, 3.8) is 0 Å². The molecule has 12 rings (SSSR count). The Balaban J connectivity index is 0.000000157. The average molecular weight is 1030 g/mol. The molecule has 2 aliphatic carbocycles. The smallest absolute Gasteiger partial charge is 0.410 e. The number of halogens is 2. The fourth-order valence-electron chi connectivity index (χ4n) is 9.77. The van der Waals surface area contributed by atoms with Gasteiger partial charge in [-0.25, -0.2) is 38.3 Å². The summed E-state index contributed by atoms with van der Waals surface area (Å²) in [6, 6.07) is 9.90. The summed E-state index contributed by atoms with van der Waals surface area (Å²) >= 11 is 2.86. The Hall–Kier alpha value is -6.22. The summed E-state index contributed by atoms with van der Waals surface area (Å²) in [5, 5.41) is 13.0. The van der Waals surface area contributed by atoms with Crippen LogP contribution in [0.25, 0.3) is 42.7 Å². The second-order valence-electron chi connectivity index (χ2n) is 19.8. The highest BCUT2D eigenvalue weighted by molar-refractivity contribution is 7.18. The van der Waals surface area contributed by atoms with Crippen molar-refractivity contribution in [2.24, 2.45) is 23.7 Å². The highest BCUT2D eigenvalue weighted by Gasteiger charge is 2.49. The standard InChI is InChI=1S/C25H26FN3O5S.C25H26FN3O4S.CO2/c1-25(4-5-25)34-24(31)29-7-15-10-32-11-16(8-29)21(15)33-23-22-20(27-13-28-23)18(12-35-22)17-3-2-14(9-30)6-19(17)26;1-14-3-4-17(19(26)7-14)18-12-34-22-20(18)27-13-28-23(22)32-21-15-8-29(9-16(21)11-31-10-15)24(30)33-25(2)5-6-25;2-1-3/h2-3,6,12-13,15-16,21,30H,4-5,7-11H2,1H3;3-4,7,12-13,15-16,21H,5-6,8-11H2,1-2H3;. The molecule has 0 spiro atoms. The van der Waals surface area contributed by atoms with Crippen molar-refractivity contribution >= 4 is 61.4 Å². The van der Waals surface area contributed by atoms with E-state index in [0.29, 0.717) is 97.7 Å². The number of hydrogen-bond acceptors (Lipinski definition) is 17. The molecule has 6 aliphatic rings. The molecular weight excluding hydrogens is 975 g/mol. The SMILES string of the molecule is CC1(OC(=O)N2CC3COCC(C2)C3Oc2ncnc3c(-c4ccc(CO)cc4F)csc23)CC1.Cc1ccc(-c2csc3c(OC4C5COCC4CN(C(=O)OC4(C)CC4)C5)ncnc23)c(F)c1.O=C=O. The number of carbonyl (C=O) groups is 2. The van der Waals surface area contributed by atoms with Gasteiger partial charge in [0.15, 0.2) is 0 Å². The Kier molecular flexibility index (Phi) is 14.0. The van der Waals surface area contributed by atoms with Crippen LogP contribution in [0.15, 0.2) is 59.8 Å². The molecule has 4 atom stereocenters. The molecule has 4 saturated heterocycles. The normalized spacial score (nSPS) is 24.1. The minimum atomic E-state index is -0.414. The van der Waals surface area contributed by atoms with Gasteiger partial charge in [-0.2, -0.15) is 9.59 Å². The summed E-state index contributed by atoms with van der Waals surface area (Å²) in [6.07, 6.45) is 6.03. The van der Waals surface area contributed by atoms with Crippen molar-refractivity contribution < 1.29 is 61.5 Å². The summed E-state index contributed by atoms with van der Waals surface area (Å²) in [7, 11) is 0. The van der Waals surface area contributed by atoms with E-state index in [4.69, 9.17) is 38.0 Å². The van der Waals surface area contributed by atoms with E-state index < -0.39 is 5.82 Å². The molecule has 8 heterocycles. The number of likely N-dealkylation sites (tertiary alicyclic amines) is 2. The molecule has 378 valence electrons. The minimum Gasteiger partial charge on any atom is -0.472 e. The fraction of sp³-hybridized carbons (Fsp3) is 0.471. The van der Waals surface area contributed by atoms with Crippen molar-refractivity contribution in [2.45, 2.75) is 76.5 Å². The number of ether oxygens (including phenoxy) is 6. The number of hydrogen-bond donors (Lipinski definition) is 1. The molecule has 2 amide bonds. The lowest BCUT2D eigenvalue weighted by atomic mass is 9.84. The summed E-state index contributed by atoms with van der Waals surface area (Å²) in [4.78, 5) is 62.9. The van der Waals surface area contributed by atoms with Crippen molar-refractivity contribution in [1.82, 2.24) is 29.7 Å². The molecule has 17 nitrogen and oxygen atoms in total. The van der Waals surface area contributed by atoms with Crippen LogP contribution >= 0.6 is 22.7 Å². The summed E-state index contributed by atoms with van der Waals surface area (Å²) in [5.74, 6) is 0.302. The predicted molar refractivity (Wildman–Crippen MR) is 257 cm³/mol. The monoisotopic (exact) mass is 1030 g/mol. The molecule has 21 heteroatoms. The molecule has 72 heavy (non-hydrogen) atoms. The van der Waals surface area contributed by atoms with E-state index in [9.17, 15) is 23.5 Å². The van der Waals surface area contributed by atoms with E-state index >= 15 is 0 Å². The van der Waals surface area contributed by atoms with Gasteiger partial charge in [0, 0.05) is 82.9 Å². The number of amides is 2. The van der Waals surface area contributed by atoms with Crippen LogP contribution < -0.4 is 9.47 Å². The van der Waals surface area contributed by atoms with E-state index in [1.54, 1.807) is 28.0 Å². The number of aromatic nitrogens is 4. The van der Waals surface area contributed by atoms with Crippen LogP contribution in [-0.4, -0.2) is 129 Å². The number of aliphatic hydroxyl groups is 1. The Morgan fingerprint density at radius 3 is 1.49 bits per heavy atom. The molecule has 4 bridgehead atoms. The first-order valence-electron chi connectivity index (χ1n) is 23.8. The molecule has 2 aromatic carbocycles. The molecule has 6 fully saturated rings. The lowest BCUT2D eigenvalue weighted by Gasteiger charge is -2.46.